The van der Waals surface area contributed by atoms with Crippen molar-refractivity contribution in [2.45, 2.75) is 0 Å². The largest absolute Gasteiger partial charge is 0.358 e. The van der Waals surface area contributed by atoms with Gasteiger partial charge in [0.15, 0.2) is 0 Å². The molecule has 12 nitrogen and oxygen atoms in total. The van der Waals surface area contributed by atoms with Gasteiger partial charge in [-0.25, -0.2) is 0 Å². The lowest BCUT2D eigenvalue weighted by atomic mass is 10.3. The molecule has 0 bridgehead atoms. The first-order valence-corrected chi connectivity index (χ1v) is 12.3. The maximum Gasteiger partial charge on any atom is 0.358 e. The average molecular weight is 467 g/mol. The molecule has 18 heteroatoms. The molecule has 1 rings (SSSR count). The molecule has 1 aromatic carbocycles. The Balaban J connectivity index is 4.46. The van der Waals surface area contributed by atoms with Crippen LogP contribution < -0.4 is 21.2 Å². The smallest absolute Gasteiger partial charge is 0.321 e. The van der Waals surface area contributed by atoms with Crippen molar-refractivity contribution >= 4 is 74.8 Å². The summed E-state index contributed by atoms with van der Waals surface area (Å²) in [5.41, 5.74) is 0. The van der Waals surface area contributed by atoms with Gasteiger partial charge in [0.1, 0.15) is 21.2 Å². The van der Waals surface area contributed by atoms with Gasteiger partial charge in [0.2, 0.25) is 0 Å². The van der Waals surface area contributed by atoms with Gasteiger partial charge in [-0.3, -0.25) is 18.3 Å². The molecule has 0 heterocycles. The van der Waals surface area contributed by atoms with E-state index < -0.39 is 61.6 Å². The van der Waals surface area contributed by atoms with E-state index in [-0.39, 0.29) is 0 Å². The van der Waals surface area contributed by atoms with E-state index in [2.05, 4.69) is 0 Å². The third kappa shape index (κ3) is 4.38. The Morgan fingerprint density at radius 2 is 0.583 bits per heavy atom. The summed E-state index contributed by atoms with van der Waals surface area (Å²) in [6.07, 6.45) is 0. The van der Waals surface area contributed by atoms with E-state index in [4.69, 9.17) is 23.2 Å². The number of hydrogen-bond acceptors (Lipinski definition) is 4. The number of halogens is 2. The predicted octanol–water partition coefficient (Wildman–Crippen LogP) is -1.79. The molecular formula is C6H8Cl2O12P4. The van der Waals surface area contributed by atoms with E-state index in [9.17, 15) is 57.4 Å². The third-order valence-corrected chi connectivity index (χ3v) is 8.20. The van der Waals surface area contributed by atoms with Crippen molar-refractivity contribution in [1.82, 2.24) is 0 Å². The van der Waals surface area contributed by atoms with Crippen LogP contribution in [0.5, 0.6) is 0 Å². The minimum absolute atomic E-state index is 1.61. The van der Waals surface area contributed by atoms with Gasteiger partial charge >= 0.3 is 30.4 Å². The third-order valence-electron chi connectivity index (χ3n) is 2.45. The van der Waals surface area contributed by atoms with Crippen molar-refractivity contribution in [2.75, 3.05) is 0 Å². The number of hydrogen-bond donors (Lipinski definition) is 8. The van der Waals surface area contributed by atoms with Crippen molar-refractivity contribution in [3.63, 3.8) is 0 Å². The topological polar surface area (TPSA) is 230 Å². The highest BCUT2D eigenvalue weighted by molar-refractivity contribution is 7.70. The molecule has 138 valence electrons. The van der Waals surface area contributed by atoms with Gasteiger partial charge in [-0.05, 0) is 0 Å². The van der Waals surface area contributed by atoms with E-state index in [1.54, 1.807) is 0 Å². The van der Waals surface area contributed by atoms with Crippen molar-refractivity contribution in [3.8, 4) is 0 Å². The predicted molar refractivity (Wildman–Crippen MR) is 83.2 cm³/mol. The second kappa shape index (κ2) is 6.53. The van der Waals surface area contributed by atoms with Crippen LogP contribution in [-0.4, -0.2) is 39.1 Å². The normalized spacial score (nSPS) is 14.1. The lowest BCUT2D eigenvalue weighted by Crippen LogP contribution is -2.41. The SMILES string of the molecule is O=P(O)(O)c1c(Cl)c(P(=O)(O)O)c(P(=O)(O)O)c(Cl)c1P(=O)(O)O. The summed E-state index contributed by atoms with van der Waals surface area (Å²) in [5.74, 6) is 0. The molecule has 0 fully saturated rings. The fourth-order valence-corrected chi connectivity index (χ4v) is 8.43. The lowest BCUT2D eigenvalue weighted by Gasteiger charge is -2.22. The highest BCUT2D eigenvalue weighted by Crippen LogP contribution is 2.50. The van der Waals surface area contributed by atoms with E-state index in [1.807, 2.05) is 0 Å². The fraction of sp³-hybridized carbons (Fsp3) is 0. The van der Waals surface area contributed by atoms with Gasteiger partial charge in [-0.2, -0.15) is 0 Å². The molecule has 1 aromatic rings. The second-order valence-electron chi connectivity index (χ2n) is 4.20. The zero-order valence-corrected chi connectivity index (χ0v) is 15.8. The zero-order valence-electron chi connectivity index (χ0n) is 10.8. The Morgan fingerprint density at radius 3 is 0.667 bits per heavy atom. The van der Waals surface area contributed by atoms with Gasteiger partial charge in [0, 0.05) is 0 Å². The summed E-state index contributed by atoms with van der Waals surface area (Å²) >= 11 is 10.9. The Labute approximate surface area is 142 Å². The molecule has 0 aliphatic rings. The maximum atomic E-state index is 11.5. The van der Waals surface area contributed by atoms with E-state index >= 15 is 0 Å². The summed E-state index contributed by atoms with van der Waals surface area (Å²) in [6.45, 7) is 0. The highest BCUT2D eigenvalue weighted by Gasteiger charge is 2.46. The molecule has 24 heavy (non-hydrogen) atoms. The van der Waals surface area contributed by atoms with Crippen molar-refractivity contribution in [2.24, 2.45) is 0 Å². The molecule has 0 unspecified atom stereocenters. The monoisotopic (exact) mass is 466 g/mol. The quantitative estimate of drug-likeness (QED) is 0.230. The molecule has 0 saturated heterocycles. The second-order valence-corrected chi connectivity index (χ2v) is 11.1. The standard InChI is InChI=1S/C6H8Cl2O12P4/c7-1-3(21(9,10)11)5(23(15,16)17)2(8)6(24(18,19)20)4(1)22(12,13)14/h(H2,9,10,11)(H2,12,13,14)(H2,15,16,17)(H2,18,19,20). The molecule has 0 radical (unpaired) electrons. The first-order chi connectivity index (χ1) is 10.3. The molecule has 0 saturated carbocycles. The summed E-state index contributed by atoms with van der Waals surface area (Å²) in [4.78, 5) is 73.6. The van der Waals surface area contributed by atoms with Crippen LogP contribution >= 0.6 is 53.6 Å². The molecule has 0 spiro atoms. The molecule has 0 aliphatic heterocycles. The van der Waals surface area contributed by atoms with Crippen LogP contribution in [0.3, 0.4) is 0 Å². The summed E-state index contributed by atoms with van der Waals surface area (Å²) < 4.78 is 45.9. The van der Waals surface area contributed by atoms with E-state index in [1.165, 1.54) is 0 Å². The van der Waals surface area contributed by atoms with Gasteiger partial charge < -0.3 is 39.1 Å². The van der Waals surface area contributed by atoms with Crippen molar-refractivity contribution < 1.29 is 57.4 Å². The highest BCUT2D eigenvalue weighted by atomic mass is 35.5. The summed E-state index contributed by atoms with van der Waals surface area (Å²) in [6, 6.07) is 0. The van der Waals surface area contributed by atoms with Gasteiger partial charge in [-0.1, -0.05) is 23.2 Å². The molecule has 0 aromatic heterocycles. The summed E-state index contributed by atoms with van der Waals surface area (Å²) in [5, 5.41) is -10.2. The lowest BCUT2D eigenvalue weighted by molar-refractivity contribution is 0.379. The molecule has 0 amide bonds. The fourth-order valence-electron chi connectivity index (χ4n) is 1.70. The molecule has 0 aliphatic carbocycles. The van der Waals surface area contributed by atoms with Crippen LogP contribution in [0.2, 0.25) is 10.0 Å². The minimum Gasteiger partial charge on any atom is -0.321 e. The Hall–Kier alpha value is 0.400. The average Bonchev–Trinajstić information content (AvgIpc) is 2.24. The van der Waals surface area contributed by atoms with Gasteiger partial charge in [0.05, 0.1) is 10.0 Å². The zero-order chi connectivity index (χ0) is 19.5. The maximum absolute atomic E-state index is 11.5. The number of rotatable bonds is 4. The minimum atomic E-state index is -5.69. The van der Waals surface area contributed by atoms with Gasteiger partial charge in [0.25, 0.3) is 0 Å². The number of benzene rings is 1. The van der Waals surface area contributed by atoms with Crippen LogP contribution in [0, 0.1) is 0 Å². The Bertz CT molecular complexity index is 743. The van der Waals surface area contributed by atoms with Crippen LogP contribution in [0.1, 0.15) is 0 Å². The van der Waals surface area contributed by atoms with E-state index in [0.29, 0.717) is 0 Å². The van der Waals surface area contributed by atoms with Gasteiger partial charge in [-0.15, -0.1) is 0 Å². The van der Waals surface area contributed by atoms with Crippen LogP contribution in [0.15, 0.2) is 0 Å². The first kappa shape index (κ1) is 22.4. The first-order valence-electron chi connectivity index (χ1n) is 5.10. The van der Waals surface area contributed by atoms with Crippen molar-refractivity contribution in [3.05, 3.63) is 10.0 Å². The molecular weight excluding hydrogens is 459 g/mol. The van der Waals surface area contributed by atoms with E-state index in [0.717, 1.165) is 0 Å². The molecule has 0 atom stereocenters. The van der Waals surface area contributed by atoms with Crippen LogP contribution in [0.4, 0.5) is 0 Å². The van der Waals surface area contributed by atoms with Crippen LogP contribution in [0.25, 0.3) is 0 Å². The Morgan fingerprint density at radius 1 is 0.458 bits per heavy atom. The van der Waals surface area contributed by atoms with Crippen LogP contribution in [-0.2, 0) is 18.3 Å². The van der Waals surface area contributed by atoms with Crippen molar-refractivity contribution in [1.29, 1.82) is 0 Å². The molecule has 8 N–H and O–H groups in total. The summed E-state index contributed by atoms with van der Waals surface area (Å²) in [7, 11) is -22.8. The Kier molecular flexibility index (Phi) is 6.11.